The minimum atomic E-state index is 0.941. The average molecular weight is 539 g/mol. The van der Waals surface area contributed by atoms with Gasteiger partial charge in [0, 0.05) is 32.4 Å². The van der Waals surface area contributed by atoms with Crippen LogP contribution in [0.15, 0.2) is 109 Å². The lowest BCUT2D eigenvalue weighted by molar-refractivity contribution is 0.733. The van der Waals surface area contributed by atoms with E-state index < -0.39 is 0 Å². The Morgan fingerprint density at radius 3 is 1.93 bits per heavy atom. The van der Waals surface area contributed by atoms with Crippen molar-refractivity contribution < 1.29 is 0 Å². The maximum absolute atomic E-state index is 5.46. The van der Waals surface area contributed by atoms with E-state index in [4.69, 9.17) is 9.97 Å². The molecule has 0 amide bonds. The number of rotatable bonds is 0. The van der Waals surface area contributed by atoms with Crippen LogP contribution in [0.4, 0.5) is 0 Å². The molecule has 0 spiro atoms. The van der Waals surface area contributed by atoms with E-state index >= 15 is 0 Å². The molecule has 0 fully saturated rings. The zero-order chi connectivity index (χ0) is 27.4. The van der Waals surface area contributed by atoms with Gasteiger partial charge in [-0.15, -0.1) is 0 Å². The summed E-state index contributed by atoms with van der Waals surface area (Å²) in [4.78, 5) is 10.8. The molecule has 4 heteroatoms. The van der Waals surface area contributed by atoms with Crippen molar-refractivity contribution in [3.05, 3.63) is 120 Å². The topological polar surface area (TPSA) is 34.6 Å². The van der Waals surface area contributed by atoms with Gasteiger partial charge in [0.25, 0.3) is 0 Å². The summed E-state index contributed by atoms with van der Waals surface area (Å²) in [6.07, 6.45) is 4.38. The molecule has 0 saturated carbocycles. The zero-order valence-electron chi connectivity index (χ0n) is 23.0. The van der Waals surface area contributed by atoms with Crippen LogP contribution in [-0.4, -0.2) is 18.8 Å². The second kappa shape index (κ2) is 8.17. The van der Waals surface area contributed by atoms with E-state index in [0.29, 0.717) is 0 Å². The highest BCUT2D eigenvalue weighted by molar-refractivity contribution is 6.19. The first kappa shape index (κ1) is 22.5. The van der Waals surface area contributed by atoms with Crippen LogP contribution >= 0.6 is 0 Å². The van der Waals surface area contributed by atoms with Crippen LogP contribution in [0.3, 0.4) is 0 Å². The molecule has 8 bridgehead atoms. The summed E-state index contributed by atoms with van der Waals surface area (Å²) < 4.78 is 4.77. The molecule has 0 N–H and O–H groups in total. The molecule has 5 heterocycles. The van der Waals surface area contributed by atoms with Gasteiger partial charge < -0.3 is 4.40 Å². The van der Waals surface area contributed by atoms with E-state index in [9.17, 15) is 0 Å². The van der Waals surface area contributed by atoms with Crippen LogP contribution < -0.4 is 0 Å². The highest BCUT2D eigenvalue weighted by Crippen LogP contribution is 2.37. The van der Waals surface area contributed by atoms with Gasteiger partial charge in [0.15, 0.2) is 0 Å². The van der Waals surface area contributed by atoms with E-state index in [-0.39, 0.29) is 0 Å². The van der Waals surface area contributed by atoms with Crippen LogP contribution in [0.2, 0.25) is 0 Å². The van der Waals surface area contributed by atoms with Crippen LogP contribution in [0.1, 0.15) is 24.0 Å². The summed E-state index contributed by atoms with van der Waals surface area (Å²) in [6.45, 7) is 0. The molecule has 4 aromatic carbocycles. The third-order valence-electron chi connectivity index (χ3n) is 9.40. The molecule has 4 nitrogen and oxygen atoms in total. The van der Waals surface area contributed by atoms with Crippen LogP contribution in [0, 0.1) is 0 Å². The van der Waals surface area contributed by atoms with Gasteiger partial charge in [0.05, 0.1) is 38.6 Å². The number of hydrogen-bond acceptors (Lipinski definition) is 2. The van der Waals surface area contributed by atoms with Gasteiger partial charge >= 0.3 is 0 Å². The molecular weight excluding hydrogens is 512 g/mol. The molecule has 0 saturated heterocycles. The molecule has 1 aliphatic rings. The number of nitrogens with zero attached hydrogens (tertiary/aromatic N) is 4. The standard InChI is InChI=1S/C38H26N4/c1-2-9-24-17-19-36-40-38(24)37-23(8-1)16-18-31(39-37)25-10-7-11-26(20-25)41-32-14-5-3-12-27(32)29-21-30-28-13-4-6-15-33(28)42(36)35(30)22-34(29)41/h3-7,10-22H,1-2,8-9H2. The van der Waals surface area contributed by atoms with Gasteiger partial charge in [-0.25, -0.2) is 9.97 Å². The normalized spacial score (nSPS) is 13.8. The Hall–Kier alpha value is -5.22. The number of benzene rings is 4. The number of fused-ring (bicyclic) bond motifs is 13. The third kappa shape index (κ3) is 2.96. The minimum absolute atomic E-state index is 0.941. The maximum atomic E-state index is 5.46. The first-order valence-electron chi connectivity index (χ1n) is 14.9. The zero-order valence-corrected chi connectivity index (χ0v) is 23.0. The molecule has 42 heavy (non-hydrogen) atoms. The Kier molecular flexibility index (Phi) is 4.37. The monoisotopic (exact) mass is 538 g/mol. The number of para-hydroxylation sites is 2. The number of hydrogen-bond donors (Lipinski definition) is 0. The highest BCUT2D eigenvalue weighted by atomic mass is 15.0. The van der Waals surface area contributed by atoms with Crippen molar-refractivity contribution in [3.63, 3.8) is 0 Å². The molecule has 0 unspecified atom stereocenters. The molecule has 9 aromatic rings. The Bertz CT molecular complexity index is 2640. The largest absolute Gasteiger partial charge is 0.309 e. The van der Waals surface area contributed by atoms with Crippen LogP contribution in [-0.2, 0) is 12.8 Å². The van der Waals surface area contributed by atoms with Gasteiger partial charge in [-0.3, -0.25) is 4.40 Å². The summed E-state index contributed by atoms with van der Waals surface area (Å²) in [7, 11) is 0. The molecule has 1 aliphatic carbocycles. The second-order valence-corrected chi connectivity index (χ2v) is 11.7. The van der Waals surface area contributed by atoms with Gasteiger partial charge in [-0.1, -0.05) is 60.7 Å². The second-order valence-electron chi connectivity index (χ2n) is 11.7. The minimum Gasteiger partial charge on any atom is -0.309 e. The summed E-state index contributed by atoms with van der Waals surface area (Å²) in [5, 5.41) is 6.12. The van der Waals surface area contributed by atoms with Crippen molar-refractivity contribution in [1.29, 1.82) is 0 Å². The van der Waals surface area contributed by atoms with E-state index in [1.54, 1.807) is 0 Å². The average Bonchev–Trinajstić information content (AvgIpc) is 3.53. The molecule has 198 valence electrons. The van der Waals surface area contributed by atoms with E-state index in [2.05, 4.69) is 118 Å². The molecule has 0 atom stereocenters. The van der Waals surface area contributed by atoms with E-state index in [0.717, 1.165) is 58.8 Å². The Balaban J connectivity index is 1.58. The fourth-order valence-electron chi connectivity index (χ4n) is 7.46. The number of pyridine rings is 2. The maximum Gasteiger partial charge on any atom is 0.138 e. The van der Waals surface area contributed by atoms with Gasteiger partial charge in [0.2, 0.25) is 0 Å². The van der Waals surface area contributed by atoms with Crippen molar-refractivity contribution in [2.45, 2.75) is 25.7 Å². The molecular formula is C38H26N4. The lowest BCUT2D eigenvalue weighted by Crippen LogP contribution is -2.00. The third-order valence-corrected chi connectivity index (χ3v) is 9.40. The Morgan fingerprint density at radius 2 is 1.14 bits per heavy atom. The van der Waals surface area contributed by atoms with Gasteiger partial charge in [-0.05, 0) is 85.3 Å². The van der Waals surface area contributed by atoms with Crippen molar-refractivity contribution in [2.75, 3.05) is 0 Å². The fraction of sp³-hybridized carbons (Fsp3) is 0.105. The SMILES string of the molecule is c1ccc2c(c1)c1cc3c4ccccc4n4c5ccc6c(n5)c5nc(ccc5CCCC6)c5cccc(c5)n2c1cc34. The predicted octanol–water partition coefficient (Wildman–Crippen LogP) is 9.34. The van der Waals surface area contributed by atoms with Crippen LogP contribution in [0.5, 0.6) is 0 Å². The molecule has 5 aromatic heterocycles. The highest BCUT2D eigenvalue weighted by Gasteiger charge is 2.17. The lowest BCUT2D eigenvalue weighted by atomic mass is 9.98. The Labute approximate surface area is 241 Å². The number of aromatic nitrogens is 4. The summed E-state index contributed by atoms with van der Waals surface area (Å²) in [6, 6.07) is 40.1. The van der Waals surface area contributed by atoms with Crippen molar-refractivity contribution in [1.82, 2.24) is 18.8 Å². The van der Waals surface area contributed by atoms with Crippen LogP contribution in [0.25, 0.3) is 76.7 Å². The summed E-state index contributed by atoms with van der Waals surface area (Å²) in [5.74, 6) is 0. The summed E-state index contributed by atoms with van der Waals surface area (Å²) >= 11 is 0. The van der Waals surface area contributed by atoms with Gasteiger partial charge in [-0.2, -0.15) is 0 Å². The molecule has 0 radical (unpaired) electrons. The fourth-order valence-corrected chi connectivity index (χ4v) is 7.46. The lowest BCUT2D eigenvalue weighted by Gasteiger charge is -2.13. The smallest absolute Gasteiger partial charge is 0.138 e. The Morgan fingerprint density at radius 1 is 0.476 bits per heavy atom. The van der Waals surface area contributed by atoms with Crippen molar-refractivity contribution in [2.24, 2.45) is 0 Å². The molecule has 0 aliphatic heterocycles. The summed E-state index contributed by atoms with van der Waals surface area (Å²) in [5.41, 5.74) is 12.4. The quantitative estimate of drug-likeness (QED) is 0.193. The van der Waals surface area contributed by atoms with E-state index in [1.807, 2.05) is 0 Å². The number of aryl methyl sites for hydroxylation is 2. The van der Waals surface area contributed by atoms with Crippen molar-refractivity contribution in [3.8, 4) is 0 Å². The molecule has 10 rings (SSSR count). The first-order valence-corrected chi connectivity index (χ1v) is 14.9. The van der Waals surface area contributed by atoms with Crippen molar-refractivity contribution >= 4 is 76.7 Å². The van der Waals surface area contributed by atoms with Gasteiger partial charge in [0.1, 0.15) is 5.65 Å². The predicted molar refractivity (Wildman–Crippen MR) is 174 cm³/mol. The van der Waals surface area contributed by atoms with E-state index in [1.165, 1.54) is 54.7 Å². The first-order chi connectivity index (χ1) is 20.8.